The van der Waals surface area contributed by atoms with Gasteiger partial charge in [-0.1, -0.05) is 19.1 Å². The molecule has 0 aliphatic rings. The van der Waals surface area contributed by atoms with Gasteiger partial charge >= 0.3 is 0 Å². The van der Waals surface area contributed by atoms with Crippen LogP contribution in [0.15, 0.2) is 42.9 Å². The number of aromatic nitrogens is 3. The number of benzene rings is 1. The minimum Gasteiger partial charge on any atom is -0.361 e. The molecule has 5 heteroatoms. The minimum atomic E-state index is -0.109. The molecule has 3 aromatic rings. The number of aromatic amines is 2. The van der Waals surface area contributed by atoms with Gasteiger partial charge in [-0.05, 0) is 18.6 Å². The third-order valence-corrected chi connectivity index (χ3v) is 3.39. The Morgan fingerprint density at radius 3 is 2.95 bits per heavy atom. The molecule has 0 radical (unpaired) electrons. The number of carbonyl (C=O) groups excluding carboxylic acids is 1. The summed E-state index contributed by atoms with van der Waals surface area (Å²) < 4.78 is 0. The van der Waals surface area contributed by atoms with E-state index in [0.29, 0.717) is 5.56 Å². The summed E-state index contributed by atoms with van der Waals surface area (Å²) >= 11 is 0. The fourth-order valence-corrected chi connectivity index (χ4v) is 2.34. The number of fused-ring (bicyclic) bond motifs is 1. The fraction of sp³-hybridized carbons (Fsp3) is 0.200. The van der Waals surface area contributed by atoms with Crippen LogP contribution in [0.3, 0.4) is 0 Å². The van der Waals surface area contributed by atoms with E-state index in [2.05, 4.69) is 20.3 Å². The lowest BCUT2D eigenvalue weighted by molar-refractivity contribution is 0.0935. The van der Waals surface area contributed by atoms with E-state index in [0.717, 1.165) is 23.1 Å². The number of imidazole rings is 1. The van der Waals surface area contributed by atoms with Crippen LogP contribution in [0.25, 0.3) is 10.9 Å². The molecule has 102 valence electrons. The highest BCUT2D eigenvalue weighted by molar-refractivity contribution is 6.05. The highest BCUT2D eigenvalue weighted by Gasteiger charge is 2.17. The first-order valence-corrected chi connectivity index (χ1v) is 6.66. The Morgan fingerprint density at radius 2 is 2.20 bits per heavy atom. The number of hydrogen-bond donors (Lipinski definition) is 3. The van der Waals surface area contributed by atoms with Gasteiger partial charge < -0.3 is 15.3 Å². The highest BCUT2D eigenvalue weighted by Crippen LogP contribution is 2.19. The second-order valence-electron chi connectivity index (χ2n) is 4.66. The average molecular weight is 268 g/mol. The van der Waals surface area contributed by atoms with Crippen LogP contribution in [0.1, 0.15) is 35.6 Å². The summed E-state index contributed by atoms with van der Waals surface area (Å²) in [5.74, 6) is 0.681. The predicted molar refractivity (Wildman–Crippen MR) is 77.4 cm³/mol. The Hall–Kier alpha value is -2.56. The summed E-state index contributed by atoms with van der Waals surface area (Å²) in [5.41, 5.74) is 1.51. The summed E-state index contributed by atoms with van der Waals surface area (Å²) in [4.78, 5) is 22.8. The molecule has 0 aliphatic carbocycles. The van der Waals surface area contributed by atoms with Crippen LogP contribution in [-0.4, -0.2) is 20.9 Å². The molecular weight excluding hydrogens is 252 g/mol. The summed E-state index contributed by atoms with van der Waals surface area (Å²) in [6.45, 7) is 2.02. The predicted octanol–water partition coefficient (Wildman–Crippen LogP) is 2.77. The molecule has 0 saturated heterocycles. The van der Waals surface area contributed by atoms with Crippen molar-refractivity contribution in [3.8, 4) is 0 Å². The Morgan fingerprint density at radius 1 is 1.30 bits per heavy atom. The topological polar surface area (TPSA) is 73.6 Å². The van der Waals surface area contributed by atoms with Crippen molar-refractivity contribution in [2.24, 2.45) is 0 Å². The number of amides is 1. The van der Waals surface area contributed by atoms with Crippen molar-refractivity contribution in [1.82, 2.24) is 20.3 Å². The molecule has 0 fully saturated rings. The Labute approximate surface area is 116 Å². The van der Waals surface area contributed by atoms with Gasteiger partial charge in [0.15, 0.2) is 0 Å². The fourth-order valence-electron chi connectivity index (χ4n) is 2.34. The van der Waals surface area contributed by atoms with Crippen molar-refractivity contribution in [1.29, 1.82) is 0 Å². The van der Waals surface area contributed by atoms with Crippen molar-refractivity contribution < 1.29 is 4.79 Å². The maximum atomic E-state index is 12.4. The molecule has 0 saturated carbocycles. The molecule has 2 aromatic heterocycles. The van der Waals surface area contributed by atoms with Crippen LogP contribution in [-0.2, 0) is 0 Å². The molecule has 3 rings (SSSR count). The van der Waals surface area contributed by atoms with Crippen molar-refractivity contribution in [3.05, 3.63) is 54.2 Å². The number of nitrogens with one attached hydrogen (secondary N) is 3. The summed E-state index contributed by atoms with van der Waals surface area (Å²) in [5, 5.41) is 4.05. The molecule has 1 amide bonds. The van der Waals surface area contributed by atoms with E-state index < -0.39 is 0 Å². The number of carbonyl (C=O) groups is 1. The van der Waals surface area contributed by atoms with Crippen LogP contribution in [0.5, 0.6) is 0 Å². The molecule has 5 nitrogen and oxygen atoms in total. The van der Waals surface area contributed by atoms with E-state index in [1.807, 2.05) is 37.4 Å². The van der Waals surface area contributed by atoms with Gasteiger partial charge in [0, 0.05) is 24.0 Å². The Kier molecular flexibility index (Phi) is 3.25. The molecule has 20 heavy (non-hydrogen) atoms. The zero-order chi connectivity index (χ0) is 13.9. The number of rotatable bonds is 4. The van der Waals surface area contributed by atoms with E-state index in [1.165, 1.54) is 0 Å². The third kappa shape index (κ3) is 2.18. The zero-order valence-corrected chi connectivity index (χ0v) is 11.2. The maximum absolute atomic E-state index is 12.4. The van der Waals surface area contributed by atoms with E-state index in [-0.39, 0.29) is 11.9 Å². The zero-order valence-electron chi connectivity index (χ0n) is 11.2. The molecule has 1 aromatic carbocycles. The van der Waals surface area contributed by atoms with E-state index in [9.17, 15) is 4.79 Å². The van der Waals surface area contributed by atoms with Crippen LogP contribution in [0, 0.1) is 0 Å². The monoisotopic (exact) mass is 268 g/mol. The van der Waals surface area contributed by atoms with Crippen molar-refractivity contribution >= 4 is 16.8 Å². The van der Waals surface area contributed by atoms with Crippen molar-refractivity contribution in [2.45, 2.75) is 19.4 Å². The first kappa shape index (κ1) is 12.5. The normalized spacial score (nSPS) is 12.4. The molecule has 0 bridgehead atoms. The van der Waals surface area contributed by atoms with Crippen molar-refractivity contribution in [2.75, 3.05) is 0 Å². The van der Waals surface area contributed by atoms with E-state index in [1.54, 1.807) is 12.4 Å². The van der Waals surface area contributed by atoms with Crippen LogP contribution in [0.4, 0.5) is 0 Å². The maximum Gasteiger partial charge on any atom is 0.254 e. The number of nitrogens with zero attached hydrogens (tertiary/aromatic N) is 1. The highest BCUT2D eigenvalue weighted by atomic mass is 16.1. The van der Waals surface area contributed by atoms with Gasteiger partial charge in [0.1, 0.15) is 5.82 Å². The molecule has 0 spiro atoms. The molecule has 1 unspecified atom stereocenters. The van der Waals surface area contributed by atoms with Crippen molar-refractivity contribution in [3.63, 3.8) is 0 Å². The second-order valence-corrected chi connectivity index (χ2v) is 4.66. The van der Waals surface area contributed by atoms with Crippen LogP contribution >= 0.6 is 0 Å². The molecule has 2 heterocycles. The largest absolute Gasteiger partial charge is 0.361 e. The Bertz CT molecular complexity index is 714. The van der Waals surface area contributed by atoms with Gasteiger partial charge in [-0.15, -0.1) is 0 Å². The van der Waals surface area contributed by atoms with Gasteiger partial charge in [-0.25, -0.2) is 4.98 Å². The lowest BCUT2D eigenvalue weighted by Crippen LogP contribution is -2.29. The molecule has 0 aliphatic heterocycles. The Balaban J connectivity index is 1.87. The molecule has 3 N–H and O–H groups in total. The van der Waals surface area contributed by atoms with Crippen LogP contribution in [0.2, 0.25) is 0 Å². The lowest BCUT2D eigenvalue weighted by atomic mass is 10.1. The second kappa shape index (κ2) is 5.21. The minimum absolute atomic E-state index is 0.0960. The first-order valence-electron chi connectivity index (χ1n) is 6.66. The number of para-hydroxylation sites is 1. The number of hydrogen-bond acceptors (Lipinski definition) is 2. The van der Waals surface area contributed by atoms with Gasteiger partial charge in [-0.2, -0.15) is 0 Å². The van der Waals surface area contributed by atoms with E-state index in [4.69, 9.17) is 0 Å². The summed E-state index contributed by atoms with van der Waals surface area (Å²) in [7, 11) is 0. The van der Waals surface area contributed by atoms with Gasteiger partial charge in [0.2, 0.25) is 0 Å². The number of H-pyrrole nitrogens is 2. The van der Waals surface area contributed by atoms with Gasteiger partial charge in [-0.3, -0.25) is 4.79 Å². The SMILES string of the molecule is CCC(NC(=O)c1cccc2cc[nH]c12)c1ncc[nH]1. The van der Waals surface area contributed by atoms with Gasteiger partial charge in [0.05, 0.1) is 17.1 Å². The smallest absolute Gasteiger partial charge is 0.254 e. The molecular formula is C15H16N4O. The quantitative estimate of drug-likeness (QED) is 0.680. The summed E-state index contributed by atoms with van der Waals surface area (Å²) in [6.07, 6.45) is 6.07. The first-order chi connectivity index (χ1) is 9.79. The summed E-state index contributed by atoms with van der Waals surface area (Å²) in [6, 6.07) is 7.53. The lowest BCUT2D eigenvalue weighted by Gasteiger charge is -2.15. The van der Waals surface area contributed by atoms with Crippen LogP contribution < -0.4 is 5.32 Å². The van der Waals surface area contributed by atoms with E-state index >= 15 is 0 Å². The molecule has 1 atom stereocenters. The third-order valence-electron chi connectivity index (χ3n) is 3.39. The van der Waals surface area contributed by atoms with Gasteiger partial charge in [0.25, 0.3) is 5.91 Å². The average Bonchev–Trinajstić information content (AvgIpc) is 3.14. The standard InChI is InChI=1S/C15H16N4O/c1-2-12(14-17-8-9-18-14)19-15(20)11-5-3-4-10-6-7-16-13(10)11/h3-9,12,16H,2H2,1H3,(H,17,18)(H,19,20).